The highest BCUT2D eigenvalue weighted by molar-refractivity contribution is 5.88. The first-order valence-corrected chi connectivity index (χ1v) is 12.3. The minimum absolute atomic E-state index is 0.0670. The lowest BCUT2D eigenvalue weighted by molar-refractivity contribution is -0.143. The standard InChI is InChI=1S/C28H32N2O5/c1-28(2,3)24(25(31)30-16-12-13-23(30)21(14-16)26(32)33)29-27(34)35-15-22-19-10-6-4-8-17(19)18-9-5-7-11-20(18)22/h4-11,16,21-24H,12-15H2,1-3H3,(H,29,34)(H,32,33)/t16?,21?,23?,24-/m1/s1. The lowest BCUT2D eigenvalue weighted by atomic mass is 9.85. The van der Waals surface area contributed by atoms with Crippen molar-refractivity contribution in [1.29, 1.82) is 0 Å². The number of amides is 2. The third kappa shape index (κ3) is 4.07. The van der Waals surface area contributed by atoms with Crippen molar-refractivity contribution in [2.45, 2.75) is 64.1 Å². The fourth-order valence-electron chi connectivity index (χ4n) is 6.15. The van der Waals surface area contributed by atoms with E-state index in [4.69, 9.17) is 4.74 Å². The summed E-state index contributed by atoms with van der Waals surface area (Å²) in [5.41, 5.74) is 3.98. The van der Waals surface area contributed by atoms with E-state index in [1.807, 2.05) is 45.0 Å². The Morgan fingerprint density at radius 3 is 2.17 bits per heavy atom. The summed E-state index contributed by atoms with van der Waals surface area (Å²) in [6, 6.07) is 15.1. The number of benzene rings is 2. The number of nitrogens with one attached hydrogen (secondary N) is 1. The maximum absolute atomic E-state index is 13.6. The van der Waals surface area contributed by atoms with Crippen molar-refractivity contribution in [2.75, 3.05) is 6.61 Å². The molecule has 7 heteroatoms. The summed E-state index contributed by atoms with van der Waals surface area (Å²) in [4.78, 5) is 39.9. The summed E-state index contributed by atoms with van der Waals surface area (Å²) in [5.74, 6) is -1.68. The highest BCUT2D eigenvalue weighted by Gasteiger charge is 2.53. The average Bonchev–Trinajstić information content (AvgIpc) is 3.50. The first kappa shape index (κ1) is 23.4. The van der Waals surface area contributed by atoms with Gasteiger partial charge in [0, 0.05) is 18.0 Å². The molecule has 2 N–H and O–H groups in total. The molecule has 0 spiro atoms. The van der Waals surface area contributed by atoms with Crippen LogP contribution in [0.5, 0.6) is 0 Å². The van der Waals surface area contributed by atoms with Crippen LogP contribution in [0.1, 0.15) is 57.1 Å². The van der Waals surface area contributed by atoms with Crippen LogP contribution in [0.3, 0.4) is 0 Å². The SMILES string of the molecule is CC(C)(C)[C@H](NC(=O)OCC1c2ccccc2-c2ccccc21)C(=O)N1C2CCC1C(C(=O)O)C2. The van der Waals surface area contributed by atoms with Crippen molar-refractivity contribution in [1.82, 2.24) is 10.2 Å². The van der Waals surface area contributed by atoms with Crippen molar-refractivity contribution in [2.24, 2.45) is 11.3 Å². The Morgan fingerprint density at radius 2 is 1.63 bits per heavy atom. The van der Waals surface area contributed by atoms with Gasteiger partial charge in [-0.1, -0.05) is 69.3 Å². The summed E-state index contributed by atoms with van der Waals surface area (Å²) in [6.45, 7) is 5.85. The topological polar surface area (TPSA) is 95.9 Å². The Kier molecular flexibility index (Phi) is 5.82. The second-order valence-electron chi connectivity index (χ2n) is 11.0. The number of carboxylic acid groups (broad SMARTS) is 1. The average molecular weight is 477 g/mol. The maximum Gasteiger partial charge on any atom is 0.407 e. The van der Waals surface area contributed by atoms with Gasteiger partial charge in [-0.05, 0) is 46.9 Å². The van der Waals surface area contributed by atoms with Crippen molar-refractivity contribution in [3.63, 3.8) is 0 Å². The van der Waals surface area contributed by atoms with Crippen LogP contribution in [0.15, 0.2) is 48.5 Å². The molecule has 2 aromatic rings. The number of alkyl carbamates (subject to hydrolysis) is 1. The molecule has 2 bridgehead atoms. The highest BCUT2D eigenvalue weighted by Crippen LogP contribution is 2.45. The van der Waals surface area contributed by atoms with Gasteiger partial charge in [-0.3, -0.25) is 9.59 Å². The molecular formula is C28H32N2O5. The van der Waals surface area contributed by atoms with Crippen molar-refractivity contribution in [3.8, 4) is 11.1 Å². The molecule has 184 valence electrons. The van der Waals surface area contributed by atoms with Gasteiger partial charge in [0.1, 0.15) is 12.6 Å². The van der Waals surface area contributed by atoms with Gasteiger partial charge in [0.05, 0.1) is 5.92 Å². The molecule has 35 heavy (non-hydrogen) atoms. The molecule has 2 saturated heterocycles. The number of ether oxygens (including phenoxy) is 1. The third-order valence-electron chi connectivity index (χ3n) is 7.83. The van der Waals surface area contributed by atoms with Crippen molar-refractivity contribution < 1.29 is 24.2 Å². The first-order chi connectivity index (χ1) is 16.7. The van der Waals surface area contributed by atoms with Gasteiger partial charge in [-0.2, -0.15) is 0 Å². The smallest absolute Gasteiger partial charge is 0.407 e. The largest absolute Gasteiger partial charge is 0.481 e. The van der Waals surface area contributed by atoms with Crippen LogP contribution in [0.2, 0.25) is 0 Å². The molecule has 5 rings (SSSR count). The van der Waals surface area contributed by atoms with Gasteiger partial charge in [-0.25, -0.2) is 4.79 Å². The van der Waals surface area contributed by atoms with E-state index in [0.29, 0.717) is 12.8 Å². The number of carbonyl (C=O) groups is 3. The minimum atomic E-state index is -0.855. The molecule has 0 saturated carbocycles. The van der Waals surface area contributed by atoms with Crippen molar-refractivity contribution >= 4 is 18.0 Å². The van der Waals surface area contributed by atoms with Gasteiger partial charge >= 0.3 is 12.1 Å². The zero-order chi connectivity index (χ0) is 24.9. The lowest BCUT2D eigenvalue weighted by Crippen LogP contribution is -2.56. The van der Waals surface area contributed by atoms with E-state index in [0.717, 1.165) is 28.7 Å². The summed E-state index contributed by atoms with van der Waals surface area (Å²) in [7, 11) is 0. The number of fused-ring (bicyclic) bond motifs is 5. The fourth-order valence-corrected chi connectivity index (χ4v) is 6.15. The number of rotatable bonds is 5. The minimum Gasteiger partial charge on any atom is -0.481 e. The van der Waals surface area contributed by atoms with Gasteiger partial charge in [0.15, 0.2) is 0 Å². The van der Waals surface area contributed by atoms with Crippen LogP contribution in [0.25, 0.3) is 11.1 Å². The Bertz CT molecular complexity index is 1120. The van der Waals surface area contributed by atoms with Gasteiger partial charge in [-0.15, -0.1) is 0 Å². The monoisotopic (exact) mass is 476 g/mol. The molecule has 0 aromatic heterocycles. The quantitative estimate of drug-likeness (QED) is 0.667. The van der Waals surface area contributed by atoms with Gasteiger partial charge in [0.25, 0.3) is 0 Å². The number of hydrogen-bond acceptors (Lipinski definition) is 4. The Balaban J connectivity index is 1.29. The van der Waals surface area contributed by atoms with E-state index in [2.05, 4.69) is 29.6 Å². The second-order valence-corrected chi connectivity index (χ2v) is 11.0. The van der Waals surface area contributed by atoms with Crippen LogP contribution >= 0.6 is 0 Å². The molecule has 7 nitrogen and oxygen atoms in total. The molecule has 2 heterocycles. The predicted molar refractivity (Wildman–Crippen MR) is 131 cm³/mol. The van der Waals surface area contributed by atoms with Crippen LogP contribution in [0, 0.1) is 11.3 Å². The summed E-state index contributed by atoms with van der Waals surface area (Å²) >= 11 is 0. The van der Waals surface area contributed by atoms with Crippen LogP contribution in [-0.2, 0) is 14.3 Å². The van der Waals surface area contributed by atoms with Gasteiger partial charge < -0.3 is 20.1 Å². The van der Waals surface area contributed by atoms with E-state index >= 15 is 0 Å². The second kappa shape index (κ2) is 8.70. The van der Waals surface area contributed by atoms with Crippen LogP contribution < -0.4 is 5.32 Å². The predicted octanol–water partition coefficient (Wildman–Crippen LogP) is 4.40. The van der Waals surface area contributed by atoms with E-state index in [1.165, 1.54) is 0 Å². The number of hydrogen-bond donors (Lipinski definition) is 2. The summed E-state index contributed by atoms with van der Waals surface area (Å²) in [5, 5.41) is 12.4. The molecule has 3 unspecified atom stereocenters. The number of carboxylic acids is 1. The molecule has 2 amide bonds. The van der Waals surface area contributed by atoms with E-state index in [1.54, 1.807) is 4.90 Å². The molecule has 3 aliphatic rings. The molecule has 2 aromatic carbocycles. The number of nitrogens with zero attached hydrogens (tertiary/aromatic N) is 1. The van der Waals surface area contributed by atoms with Crippen LogP contribution in [0.4, 0.5) is 4.79 Å². The zero-order valence-corrected chi connectivity index (χ0v) is 20.4. The molecule has 2 fully saturated rings. The Labute approximate surface area is 205 Å². The Hall–Kier alpha value is -3.35. The highest BCUT2D eigenvalue weighted by atomic mass is 16.5. The van der Waals surface area contributed by atoms with Crippen molar-refractivity contribution in [3.05, 3.63) is 59.7 Å². The maximum atomic E-state index is 13.6. The molecule has 4 atom stereocenters. The van der Waals surface area contributed by atoms with E-state index < -0.39 is 29.4 Å². The lowest BCUT2D eigenvalue weighted by Gasteiger charge is -2.35. The third-order valence-corrected chi connectivity index (χ3v) is 7.83. The molecular weight excluding hydrogens is 444 g/mol. The van der Waals surface area contributed by atoms with E-state index in [-0.39, 0.29) is 30.5 Å². The normalized spacial score (nSPS) is 23.5. The van der Waals surface area contributed by atoms with Gasteiger partial charge in [0.2, 0.25) is 5.91 Å². The molecule has 2 aliphatic heterocycles. The zero-order valence-electron chi connectivity index (χ0n) is 20.4. The fraction of sp³-hybridized carbons (Fsp3) is 0.464. The van der Waals surface area contributed by atoms with E-state index in [9.17, 15) is 19.5 Å². The first-order valence-electron chi connectivity index (χ1n) is 12.3. The molecule has 0 radical (unpaired) electrons. The molecule has 1 aliphatic carbocycles. The summed E-state index contributed by atoms with van der Waals surface area (Å²) in [6.07, 6.45) is 1.34. The number of aliphatic carboxylic acids is 1. The van der Waals surface area contributed by atoms with Crippen LogP contribution in [-0.4, -0.2) is 52.7 Å². The number of carbonyl (C=O) groups excluding carboxylic acids is 2. The summed E-state index contributed by atoms with van der Waals surface area (Å²) < 4.78 is 5.69. The Morgan fingerprint density at radius 1 is 1.03 bits per heavy atom.